The highest BCUT2D eigenvalue weighted by Gasteiger charge is 2.09. The largest absolute Gasteiger partial charge is 0.489 e. The molecule has 1 rings (SSSR count). The number of carbonyl (C=O) groups excluding carboxylic acids is 1. The molecule has 0 unspecified atom stereocenters. The maximum atomic E-state index is 11.3. The fourth-order valence-corrected chi connectivity index (χ4v) is 1.26. The van der Waals surface area contributed by atoms with Gasteiger partial charge in [-0.2, -0.15) is 0 Å². The smallest absolute Gasteiger partial charge is 0.163 e. The van der Waals surface area contributed by atoms with Gasteiger partial charge in [-0.3, -0.25) is 4.79 Å². The Balaban J connectivity index is 3.08. The number of carbonyl (C=O) groups is 1. The van der Waals surface area contributed by atoms with Crippen LogP contribution in [0, 0.1) is 6.92 Å². The zero-order chi connectivity index (χ0) is 10.6. The van der Waals surface area contributed by atoms with Crippen molar-refractivity contribution in [3.63, 3.8) is 0 Å². The minimum atomic E-state index is 0.0211. The molecule has 1 aromatic rings. The molecule has 0 radical (unpaired) electrons. The molecule has 0 aliphatic rings. The first-order valence-corrected chi connectivity index (χ1v) is 4.51. The van der Waals surface area contributed by atoms with Gasteiger partial charge in [0.2, 0.25) is 0 Å². The molecule has 0 aromatic heterocycles. The molecule has 0 heterocycles. The summed E-state index contributed by atoms with van der Waals surface area (Å²) in [7, 11) is 0. The van der Waals surface area contributed by atoms with Crippen LogP contribution in [0.4, 0.5) is 0 Å². The Morgan fingerprint density at radius 1 is 1.57 bits per heavy atom. The lowest BCUT2D eigenvalue weighted by atomic mass is 10.1. The van der Waals surface area contributed by atoms with Crippen LogP contribution in [0.5, 0.6) is 5.75 Å². The normalized spacial score (nSPS) is 9.57. The maximum Gasteiger partial charge on any atom is 0.163 e. The molecule has 0 bridgehead atoms. The Morgan fingerprint density at radius 2 is 2.29 bits per heavy atom. The van der Waals surface area contributed by atoms with Gasteiger partial charge >= 0.3 is 0 Å². The number of aryl methyl sites for hydroxylation is 1. The van der Waals surface area contributed by atoms with E-state index in [1.807, 2.05) is 19.1 Å². The molecule has 0 amide bonds. The molecule has 2 heteroatoms. The van der Waals surface area contributed by atoms with Crippen molar-refractivity contribution in [2.45, 2.75) is 13.8 Å². The summed E-state index contributed by atoms with van der Waals surface area (Å²) in [6, 6.07) is 5.55. The van der Waals surface area contributed by atoms with Crippen LogP contribution in [0.3, 0.4) is 0 Å². The van der Waals surface area contributed by atoms with Crippen molar-refractivity contribution >= 4 is 5.78 Å². The fraction of sp³-hybridized carbons (Fsp3) is 0.250. The van der Waals surface area contributed by atoms with E-state index in [-0.39, 0.29) is 5.78 Å². The molecule has 74 valence electrons. The van der Waals surface area contributed by atoms with Gasteiger partial charge in [0.15, 0.2) is 5.78 Å². The minimum absolute atomic E-state index is 0.0211. The van der Waals surface area contributed by atoms with Gasteiger partial charge in [0.25, 0.3) is 0 Å². The SMILES string of the molecule is C=CCOc1c(C)cccc1C(C)=O. The van der Waals surface area contributed by atoms with Gasteiger partial charge in [0, 0.05) is 0 Å². The lowest BCUT2D eigenvalue weighted by Gasteiger charge is -2.10. The third kappa shape index (κ3) is 2.22. The van der Waals surface area contributed by atoms with E-state index in [1.54, 1.807) is 12.1 Å². The third-order valence-corrected chi connectivity index (χ3v) is 1.94. The van der Waals surface area contributed by atoms with E-state index < -0.39 is 0 Å². The van der Waals surface area contributed by atoms with E-state index >= 15 is 0 Å². The first-order valence-electron chi connectivity index (χ1n) is 4.51. The van der Waals surface area contributed by atoms with Crippen LogP contribution in [0.2, 0.25) is 0 Å². The second-order valence-corrected chi connectivity index (χ2v) is 3.11. The van der Waals surface area contributed by atoms with Gasteiger partial charge in [-0.05, 0) is 25.5 Å². The predicted octanol–water partition coefficient (Wildman–Crippen LogP) is 2.76. The quantitative estimate of drug-likeness (QED) is 0.539. The molecule has 1 aromatic carbocycles. The predicted molar refractivity (Wildman–Crippen MR) is 56.9 cm³/mol. The summed E-state index contributed by atoms with van der Waals surface area (Å²) in [6.07, 6.45) is 1.66. The third-order valence-electron chi connectivity index (χ3n) is 1.94. The molecule has 0 saturated carbocycles. The standard InChI is InChI=1S/C12H14O2/c1-4-8-14-12-9(2)6-5-7-11(12)10(3)13/h4-7H,1,8H2,2-3H3. The van der Waals surface area contributed by atoms with Gasteiger partial charge in [-0.15, -0.1) is 0 Å². The number of hydrogen-bond acceptors (Lipinski definition) is 2. The molecular weight excluding hydrogens is 176 g/mol. The van der Waals surface area contributed by atoms with Crippen molar-refractivity contribution < 1.29 is 9.53 Å². The summed E-state index contributed by atoms with van der Waals surface area (Å²) < 4.78 is 5.44. The minimum Gasteiger partial charge on any atom is -0.489 e. The number of ketones is 1. The van der Waals surface area contributed by atoms with Gasteiger partial charge in [-0.25, -0.2) is 0 Å². The molecule has 0 aliphatic carbocycles. The van der Waals surface area contributed by atoms with E-state index in [4.69, 9.17) is 4.74 Å². The zero-order valence-corrected chi connectivity index (χ0v) is 8.54. The molecule has 0 aliphatic heterocycles. The number of benzene rings is 1. The summed E-state index contributed by atoms with van der Waals surface area (Å²) in [5, 5.41) is 0. The van der Waals surface area contributed by atoms with Crippen molar-refractivity contribution in [1.29, 1.82) is 0 Å². The molecule has 0 fully saturated rings. The van der Waals surface area contributed by atoms with Crippen LogP contribution in [0.25, 0.3) is 0 Å². The summed E-state index contributed by atoms with van der Waals surface area (Å²) in [4.78, 5) is 11.3. The zero-order valence-electron chi connectivity index (χ0n) is 8.54. The van der Waals surface area contributed by atoms with Crippen molar-refractivity contribution in [2.75, 3.05) is 6.61 Å². The number of ether oxygens (including phenoxy) is 1. The summed E-state index contributed by atoms with van der Waals surface area (Å²) in [5.41, 5.74) is 1.60. The monoisotopic (exact) mass is 190 g/mol. The Kier molecular flexibility index (Phi) is 3.46. The van der Waals surface area contributed by atoms with Gasteiger partial charge in [0.1, 0.15) is 12.4 Å². The van der Waals surface area contributed by atoms with Crippen molar-refractivity contribution in [3.8, 4) is 5.75 Å². The van der Waals surface area contributed by atoms with Gasteiger partial charge in [0.05, 0.1) is 5.56 Å². The molecule has 0 atom stereocenters. The van der Waals surface area contributed by atoms with Gasteiger partial charge < -0.3 is 4.74 Å². The first-order chi connectivity index (χ1) is 6.66. The molecule has 0 N–H and O–H groups in total. The van der Waals surface area contributed by atoms with Crippen LogP contribution in [0.15, 0.2) is 30.9 Å². The van der Waals surface area contributed by atoms with Crippen LogP contribution in [0.1, 0.15) is 22.8 Å². The lowest BCUT2D eigenvalue weighted by molar-refractivity contribution is 0.101. The highest BCUT2D eigenvalue weighted by atomic mass is 16.5. The Labute approximate surface area is 84.2 Å². The number of para-hydroxylation sites is 1. The highest BCUT2D eigenvalue weighted by molar-refractivity contribution is 5.97. The highest BCUT2D eigenvalue weighted by Crippen LogP contribution is 2.23. The van der Waals surface area contributed by atoms with Crippen LogP contribution in [-0.4, -0.2) is 12.4 Å². The molecule has 14 heavy (non-hydrogen) atoms. The van der Waals surface area contributed by atoms with Gasteiger partial charge in [-0.1, -0.05) is 24.8 Å². The summed E-state index contributed by atoms with van der Waals surface area (Å²) in [6.45, 7) is 7.45. The summed E-state index contributed by atoms with van der Waals surface area (Å²) >= 11 is 0. The number of rotatable bonds is 4. The Bertz CT molecular complexity index is 353. The van der Waals surface area contributed by atoms with E-state index in [0.717, 1.165) is 5.56 Å². The number of Topliss-reactive ketones (excluding diaryl/α,β-unsaturated/α-hetero) is 1. The maximum absolute atomic E-state index is 11.3. The van der Waals surface area contributed by atoms with Crippen molar-refractivity contribution in [1.82, 2.24) is 0 Å². The number of hydrogen-bond donors (Lipinski definition) is 0. The second kappa shape index (κ2) is 4.61. The molecular formula is C12H14O2. The van der Waals surface area contributed by atoms with Crippen molar-refractivity contribution in [3.05, 3.63) is 42.0 Å². The molecule has 0 saturated heterocycles. The van der Waals surface area contributed by atoms with Crippen molar-refractivity contribution in [2.24, 2.45) is 0 Å². The van der Waals surface area contributed by atoms with Crippen LogP contribution in [-0.2, 0) is 0 Å². The summed E-state index contributed by atoms with van der Waals surface area (Å²) in [5.74, 6) is 0.688. The van der Waals surface area contributed by atoms with E-state index in [9.17, 15) is 4.79 Å². The molecule has 2 nitrogen and oxygen atoms in total. The second-order valence-electron chi connectivity index (χ2n) is 3.11. The average Bonchev–Trinajstić information content (AvgIpc) is 2.15. The van der Waals surface area contributed by atoms with E-state index in [2.05, 4.69) is 6.58 Å². The van der Waals surface area contributed by atoms with Crippen LogP contribution < -0.4 is 4.74 Å². The van der Waals surface area contributed by atoms with Crippen LogP contribution >= 0.6 is 0 Å². The fourth-order valence-electron chi connectivity index (χ4n) is 1.26. The first kappa shape index (κ1) is 10.5. The average molecular weight is 190 g/mol. The van der Waals surface area contributed by atoms with E-state index in [1.165, 1.54) is 6.92 Å². The van der Waals surface area contributed by atoms with E-state index in [0.29, 0.717) is 17.9 Å². The Morgan fingerprint density at radius 3 is 2.86 bits per heavy atom. The lowest BCUT2D eigenvalue weighted by Crippen LogP contribution is -2.02. The Hall–Kier alpha value is -1.57. The topological polar surface area (TPSA) is 26.3 Å². The molecule has 0 spiro atoms.